The van der Waals surface area contributed by atoms with Crippen LogP contribution < -0.4 is 15.9 Å². The normalized spacial score (nSPS) is 11.3. The molecule has 0 aliphatic heterocycles. The maximum absolute atomic E-state index is 12.6. The van der Waals surface area contributed by atoms with E-state index in [0.29, 0.717) is 15.7 Å². The Morgan fingerprint density at radius 1 is 1.45 bits per heavy atom. The molecule has 0 unspecified atom stereocenters. The summed E-state index contributed by atoms with van der Waals surface area (Å²) in [4.78, 5) is 12.6. The van der Waals surface area contributed by atoms with Crippen LogP contribution in [0.3, 0.4) is 0 Å². The van der Waals surface area contributed by atoms with Crippen LogP contribution in [0.15, 0.2) is 26.3 Å². The van der Waals surface area contributed by atoms with Crippen molar-refractivity contribution in [2.24, 2.45) is 5.10 Å². The zero-order valence-electron chi connectivity index (χ0n) is 15.6. The van der Waals surface area contributed by atoms with Crippen LogP contribution in [-0.4, -0.2) is 49.6 Å². The quantitative estimate of drug-likeness (QED) is 0.362. The summed E-state index contributed by atoms with van der Waals surface area (Å²) < 4.78 is 11.4. The number of aromatic hydroxyl groups is 1. The molecular formula is C16H17BrN8O4. The third kappa shape index (κ3) is 4.03. The minimum Gasteiger partial charge on any atom is -0.503 e. The second-order valence-corrected chi connectivity index (χ2v) is 6.97. The van der Waals surface area contributed by atoms with Crippen molar-refractivity contribution >= 4 is 33.9 Å². The van der Waals surface area contributed by atoms with Gasteiger partial charge in [-0.2, -0.15) is 9.78 Å². The molecule has 12 nitrogen and oxygen atoms in total. The summed E-state index contributed by atoms with van der Waals surface area (Å²) in [6.07, 6.45) is 1.39. The standard InChI is InChI=1S/C16H17BrN8O4/c1-7(2)12-11(20-24-25(12)15-14(18)22-29-23-15)16(27)21-19-6-8-4-9(17)13(26)10(5-8)28-3/h4-7,26H,1-3H3,(H2,18,22)(H,21,27)/b19-6-. The van der Waals surface area contributed by atoms with E-state index in [0.717, 1.165) is 0 Å². The fourth-order valence-electron chi connectivity index (χ4n) is 2.51. The lowest BCUT2D eigenvalue weighted by Crippen LogP contribution is -2.21. The van der Waals surface area contributed by atoms with Gasteiger partial charge in [-0.1, -0.05) is 19.1 Å². The summed E-state index contributed by atoms with van der Waals surface area (Å²) in [6.45, 7) is 3.72. The van der Waals surface area contributed by atoms with Gasteiger partial charge in [-0.3, -0.25) is 4.79 Å². The minimum absolute atomic E-state index is 0.0219. The number of anilines is 1. The summed E-state index contributed by atoms with van der Waals surface area (Å²) in [5.74, 6) is -0.318. The van der Waals surface area contributed by atoms with Crippen molar-refractivity contribution in [1.29, 1.82) is 0 Å². The van der Waals surface area contributed by atoms with Gasteiger partial charge in [0.1, 0.15) is 0 Å². The number of nitrogens with one attached hydrogen (secondary N) is 1. The highest BCUT2D eigenvalue weighted by molar-refractivity contribution is 9.10. The molecule has 1 amide bonds. The number of aromatic nitrogens is 5. The van der Waals surface area contributed by atoms with E-state index in [9.17, 15) is 9.90 Å². The number of amides is 1. The predicted molar refractivity (Wildman–Crippen MR) is 105 cm³/mol. The van der Waals surface area contributed by atoms with E-state index in [1.54, 1.807) is 12.1 Å². The molecule has 0 radical (unpaired) electrons. The van der Waals surface area contributed by atoms with Gasteiger partial charge in [0.15, 0.2) is 17.2 Å². The number of nitrogens with zero attached hydrogens (tertiary/aromatic N) is 6. The highest BCUT2D eigenvalue weighted by Gasteiger charge is 2.25. The summed E-state index contributed by atoms with van der Waals surface area (Å²) in [7, 11) is 1.43. The molecule has 2 heterocycles. The zero-order valence-corrected chi connectivity index (χ0v) is 17.2. The molecular weight excluding hydrogens is 448 g/mol. The van der Waals surface area contributed by atoms with Crippen LogP contribution >= 0.6 is 15.9 Å². The van der Waals surface area contributed by atoms with Gasteiger partial charge in [-0.15, -0.1) is 5.10 Å². The molecule has 2 aromatic heterocycles. The van der Waals surface area contributed by atoms with E-state index < -0.39 is 5.91 Å². The van der Waals surface area contributed by atoms with Crippen molar-refractivity contribution < 1.29 is 19.3 Å². The third-order valence-electron chi connectivity index (χ3n) is 3.81. The van der Waals surface area contributed by atoms with Crippen LogP contribution in [0.5, 0.6) is 11.5 Å². The number of rotatable bonds is 6. The Morgan fingerprint density at radius 3 is 2.83 bits per heavy atom. The second kappa shape index (κ2) is 8.26. The number of carbonyl (C=O) groups excluding carboxylic acids is 1. The third-order valence-corrected chi connectivity index (χ3v) is 4.42. The highest BCUT2D eigenvalue weighted by Crippen LogP contribution is 2.34. The molecule has 0 bridgehead atoms. The molecule has 152 valence electrons. The average molecular weight is 465 g/mol. The fourth-order valence-corrected chi connectivity index (χ4v) is 2.97. The van der Waals surface area contributed by atoms with Gasteiger partial charge in [0.05, 0.1) is 23.5 Å². The number of phenols is 1. The molecule has 3 rings (SSSR count). The first kappa shape index (κ1) is 20.3. The van der Waals surface area contributed by atoms with E-state index in [-0.39, 0.29) is 34.7 Å². The van der Waals surface area contributed by atoms with Gasteiger partial charge in [-0.25, -0.2) is 10.1 Å². The molecule has 13 heteroatoms. The molecule has 0 atom stereocenters. The van der Waals surface area contributed by atoms with Crippen molar-refractivity contribution in [3.8, 4) is 17.3 Å². The van der Waals surface area contributed by atoms with Gasteiger partial charge in [-0.05, 0) is 49.9 Å². The van der Waals surface area contributed by atoms with Crippen molar-refractivity contribution in [3.05, 3.63) is 33.6 Å². The Hall–Kier alpha value is -3.48. The Bertz CT molecular complexity index is 1080. The Morgan fingerprint density at radius 2 is 2.21 bits per heavy atom. The molecule has 29 heavy (non-hydrogen) atoms. The molecule has 1 aromatic carbocycles. The minimum atomic E-state index is -0.573. The first-order chi connectivity index (χ1) is 13.8. The number of hydrogen-bond donors (Lipinski definition) is 3. The molecule has 0 spiro atoms. The van der Waals surface area contributed by atoms with Crippen LogP contribution in [0.2, 0.25) is 0 Å². The van der Waals surface area contributed by atoms with Crippen LogP contribution in [0.1, 0.15) is 41.5 Å². The van der Waals surface area contributed by atoms with Crippen molar-refractivity contribution in [3.63, 3.8) is 0 Å². The Kier molecular flexibility index (Phi) is 5.77. The SMILES string of the molecule is COc1cc(/C=N\NC(=O)c2nnn(-c3nonc3N)c2C(C)C)cc(Br)c1O. The van der Waals surface area contributed by atoms with Crippen molar-refractivity contribution in [2.75, 3.05) is 12.8 Å². The lowest BCUT2D eigenvalue weighted by molar-refractivity contribution is 0.0948. The number of halogens is 1. The largest absolute Gasteiger partial charge is 0.503 e. The number of nitrogens with two attached hydrogens (primary N) is 1. The van der Waals surface area contributed by atoms with Crippen LogP contribution in [-0.2, 0) is 0 Å². The van der Waals surface area contributed by atoms with Crippen LogP contribution in [0.4, 0.5) is 5.82 Å². The Balaban J connectivity index is 1.83. The zero-order chi connectivity index (χ0) is 21.1. The van der Waals surface area contributed by atoms with E-state index in [2.05, 4.69) is 51.7 Å². The topological polar surface area (TPSA) is 167 Å². The van der Waals surface area contributed by atoms with Crippen LogP contribution in [0, 0.1) is 0 Å². The number of methoxy groups -OCH3 is 1. The first-order valence-corrected chi connectivity index (χ1v) is 9.06. The molecule has 4 N–H and O–H groups in total. The van der Waals surface area contributed by atoms with Gasteiger partial charge in [0.2, 0.25) is 11.6 Å². The number of carbonyl (C=O) groups is 1. The summed E-state index contributed by atoms with van der Waals surface area (Å²) >= 11 is 3.22. The van der Waals surface area contributed by atoms with E-state index >= 15 is 0 Å². The molecule has 3 aromatic rings. The monoisotopic (exact) mass is 464 g/mol. The van der Waals surface area contributed by atoms with Crippen molar-refractivity contribution in [1.82, 2.24) is 30.7 Å². The molecule has 0 aliphatic carbocycles. The van der Waals surface area contributed by atoms with Gasteiger partial charge < -0.3 is 15.6 Å². The number of phenolic OH excluding ortho intramolecular Hbond substituents is 1. The summed E-state index contributed by atoms with van der Waals surface area (Å²) in [5, 5.41) is 28.8. The predicted octanol–water partition coefficient (Wildman–Crippen LogP) is 1.60. The molecule has 0 saturated heterocycles. The lowest BCUT2D eigenvalue weighted by Gasteiger charge is -2.08. The smallest absolute Gasteiger partial charge is 0.293 e. The molecule has 0 fully saturated rings. The van der Waals surface area contributed by atoms with E-state index in [4.69, 9.17) is 10.5 Å². The summed E-state index contributed by atoms with van der Waals surface area (Å²) in [6, 6.07) is 3.18. The maximum atomic E-state index is 12.6. The second-order valence-electron chi connectivity index (χ2n) is 6.12. The van der Waals surface area contributed by atoms with Gasteiger partial charge >= 0.3 is 0 Å². The highest BCUT2D eigenvalue weighted by atomic mass is 79.9. The molecule has 0 aliphatic rings. The number of benzene rings is 1. The summed E-state index contributed by atoms with van der Waals surface area (Å²) in [5.41, 5.74) is 9.21. The van der Waals surface area contributed by atoms with E-state index in [1.807, 2.05) is 13.8 Å². The first-order valence-electron chi connectivity index (χ1n) is 8.27. The number of hydrogen-bond acceptors (Lipinski definition) is 10. The van der Waals surface area contributed by atoms with Gasteiger partial charge in [0.25, 0.3) is 5.91 Å². The van der Waals surface area contributed by atoms with Crippen molar-refractivity contribution in [2.45, 2.75) is 19.8 Å². The Labute approximate surface area is 172 Å². The van der Waals surface area contributed by atoms with Gasteiger partial charge in [0, 0.05) is 0 Å². The number of hydrazone groups is 1. The molecule has 0 saturated carbocycles. The number of nitrogen functional groups attached to an aromatic ring is 1. The van der Waals surface area contributed by atoms with Crippen LogP contribution in [0.25, 0.3) is 5.82 Å². The average Bonchev–Trinajstić information content (AvgIpc) is 3.30. The number of ether oxygens (including phenoxy) is 1. The fraction of sp³-hybridized carbons (Fsp3) is 0.250. The lowest BCUT2D eigenvalue weighted by atomic mass is 10.1. The maximum Gasteiger partial charge on any atom is 0.293 e. The van der Waals surface area contributed by atoms with E-state index in [1.165, 1.54) is 18.0 Å².